The van der Waals surface area contributed by atoms with E-state index < -0.39 is 55.5 Å². The van der Waals surface area contributed by atoms with Gasteiger partial charge in [0, 0.05) is 43.5 Å². The highest BCUT2D eigenvalue weighted by Gasteiger charge is 2.52. The number of nitrogens with zero attached hydrogens (tertiary/aromatic N) is 2. The lowest BCUT2D eigenvalue weighted by Gasteiger charge is -2.39. The molecule has 1 aromatic carbocycles. The first kappa shape index (κ1) is 29.2. The molecule has 0 saturated carbocycles. The fraction of sp³-hybridized carbons (Fsp3) is 0.625. The molecule has 206 valence electrons. The average molecular weight is 600 g/mol. The first-order valence-corrected chi connectivity index (χ1v) is 12.8. The predicted octanol–water partition coefficient (Wildman–Crippen LogP) is 5.77. The number of nitrogens with one attached hydrogen (secondary N) is 1. The lowest BCUT2D eigenvalue weighted by Crippen LogP contribution is -2.51. The van der Waals surface area contributed by atoms with Gasteiger partial charge in [-0.2, -0.15) is 26.3 Å². The zero-order chi connectivity index (χ0) is 27.4. The minimum Gasteiger partial charge on any atom is -0.343 e. The molecule has 0 aliphatic carbocycles. The maximum absolute atomic E-state index is 13.4. The van der Waals surface area contributed by atoms with Gasteiger partial charge in [0.2, 0.25) is 11.8 Å². The van der Waals surface area contributed by atoms with Crippen LogP contribution in [0.15, 0.2) is 22.7 Å². The first-order valence-electron chi connectivity index (χ1n) is 12.1. The number of anilines is 1. The van der Waals surface area contributed by atoms with Crippen molar-refractivity contribution in [1.29, 1.82) is 0 Å². The molecule has 0 radical (unpaired) electrons. The van der Waals surface area contributed by atoms with Crippen LogP contribution >= 0.6 is 15.9 Å². The monoisotopic (exact) mass is 599 g/mol. The molecule has 2 atom stereocenters. The van der Waals surface area contributed by atoms with Crippen LogP contribution in [0.25, 0.3) is 0 Å². The van der Waals surface area contributed by atoms with Crippen LogP contribution in [0, 0.1) is 11.8 Å². The molecule has 2 fully saturated rings. The molecular weight excluding hydrogens is 572 g/mol. The molecule has 3 rings (SSSR count). The van der Waals surface area contributed by atoms with E-state index in [4.69, 9.17) is 0 Å². The Morgan fingerprint density at radius 3 is 1.97 bits per heavy atom. The van der Waals surface area contributed by atoms with E-state index in [1.54, 1.807) is 4.90 Å². The SMILES string of the molecule is O=C(CCC(=O)N1CCCCCC1)Nc1ccc(Br)cc1C(=O)N1C[C@H](C(F)(F)F)C[C@H](C(F)(F)F)C1. The van der Waals surface area contributed by atoms with Crippen LogP contribution in [-0.2, 0) is 9.59 Å². The summed E-state index contributed by atoms with van der Waals surface area (Å²) in [7, 11) is 0. The van der Waals surface area contributed by atoms with Crippen molar-refractivity contribution in [2.75, 3.05) is 31.5 Å². The van der Waals surface area contributed by atoms with Gasteiger partial charge in [0.15, 0.2) is 0 Å². The Labute approximate surface area is 218 Å². The van der Waals surface area contributed by atoms with E-state index in [0.717, 1.165) is 25.7 Å². The molecule has 3 amide bonds. The summed E-state index contributed by atoms with van der Waals surface area (Å²) >= 11 is 3.15. The number of hydrogen-bond donors (Lipinski definition) is 1. The molecule has 37 heavy (non-hydrogen) atoms. The third-order valence-electron chi connectivity index (χ3n) is 6.67. The molecule has 1 aromatic rings. The minimum atomic E-state index is -4.91. The van der Waals surface area contributed by atoms with E-state index in [-0.39, 0.29) is 30.0 Å². The van der Waals surface area contributed by atoms with Gasteiger partial charge in [-0.15, -0.1) is 0 Å². The van der Waals surface area contributed by atoms with E-state index in [0.29, 0.717) is 22.5 Å². The molecule has 0 spiro atoms. The standard InChI is InChI=1S/C24H28BrF6N3O3/c25-17-5-6-19(32-20(35)7-8-21(36)33-9-3-1-2-4-10-33)18(12-17)22(37)34-13-15(23(26,27)28)11-16(14-34)24(29,30)31/h5-6,12,15-16H,1-4,7-11,13-14H2,(H,32,35)/t15-,16+. The maximum Gasteiger partial charge on any atom is 0.393 e. The Kier molecular flexibility index (Phi) is 9.52. The number of carbonyl (C=O) groups is 3. The zero-order valence-electron chi connectivity index (χ0n) is 19.9. The quantitative estimate of drug-likeness (QED) is 0.437. The summed E-state index contributed by atoms with van der Waals surface area (Å²) in [4.78, 5) is 40.4. The average Bonchev–Trinajstić information content (AvgIpc) is 3.11. The summed E-state index contributed by atoms with van der Waals surface area (Å²) in [5, 5.41) is 2.49. The Bertz CT molecular complexity index is 971. The second kappa shape index (κ2) is 12.0. The Balaban J connectivity index is 1.72. The van der Waals surface area contributed by atoms with Gasteiger partial charge in [0.1, 0.15) is 0 Å². The molecule has 2 aliphatic heterocycles. The van der Waals surface area contributed by atoms with Gasteiger partial charge in [-0.3, -0.25) is 14.4 Å². The Hall–Kier alpha value is -2.31. The van der Waals surface area contributed by atoms with Gasteiger partial charge < -0.3 is 15.1 Å². The van der Waals surface area contributed by atoms with Crippen LogP contribution in [0.4, 0.5) is 32.0 Å². The smallest absolute Gasteiger partial charge is 0.343 e. The summed E-state index contributed by atoms with van der Waals surface area (Å²) in [6.07, 6.45) is -7.35. The number of carbonyl (C=O) groups excluding carboxylic acids is 3. The van der Waals surface area contributed by atoms with E-state index in [1.807, 2.05) is 0 Å². The van der Waals surface area contributed by atoms with Crippen LogP contribution in [0.2, 0.25) is 0 Å². The van der Waals surface area contributed by atoms with Gasteiger partial charge in [-0.1, -0.05) is 28.8 Å². The third-order valence-corrected chi connectivity index (χ3v) is 7.17. The third kappa shape index (κ3) is 8.08. The number of benzene rings is 1. The molecular formula is C24H28BrF6N3O3. The number of piperidine rings is 1. The molecule has 2 saturated heterocycles. The highest BCUT2D eigenvalue weighted by Crippen LogP contribution is 2.42. The van der Waals surface area contributed by atoms with E-state index in [2.05, 4.69) is 21.2 Å². The summed E-state index contributed by atoms with van der Waals surface area (Å²) in [5.74, 6) is -6.48. The Morgan fingerprint density at radius 1 is 0.865 bits per heavy atom. The second-order valence-electron chi connectivity index (χ2n) is 9.46. The molecule has 0 aromatic heterocycles. The molecule has 6 nitrogen and oxygen atoms in total. The number of hydrogen-bond acceptors (Lipinski definition) is 3. The lowest BCUT2D eigenvalue weighted by atomic mass is 9.87. The topological polar surface area (TPSA) is 69.7 Å². The second-order valence-corrected chi connectivity index (χ2v) is 10.4. The molecule has 0 bridgehead atoms. The lowest BCUT2D eigenvalue weighted by molar-refractivity contribution is -0.226. The minimum absolute atomic E-state index is 0.0573. The molecule has 2 aliphatic rings. The number of amides is 3. The van der Waals surface area contributed by atoms with Crippen molar-refractivity contribution < 1.29 is 40.7 Å². The normalized spacial score (nSPS) is 21.4. The summed E-state index contributed by atoms with van der Waals surface area (Å²) in [6, 6.07) is 4.04. The fourth-order valence-corrected chi connectivity index (χ4v) is 4.98. The van der Waals surface area contributed by atoms with Crippen molar-refractivity contribution in [3.8, 4) is 0 Å². The van der Waals surface area contributed by atoms with E-state index in [1.165, 1.54) is 18.2 Å². The number of rotatable bonds is 5. The van der Waals surface area contributed by atoms with Gasteiger partial charge in [0.25, 0.3) is 5.91 Å². The van der Waals surface area contributed by atoms with Crippen molar-refractivity contribution in [2.24, 2.45) is 11.8 Å². The predicted molar refractivity (Wildman–Crippen MR) is 127 cm³/mol. The van der Waals surface area contributed by atoms with Crippen LogP contribution in [0.1, 0.15) is 55.3 Å². The number of alkyl halides is 6. The van der Waals surface area contributed by atoms with Crippen LogP contribution in [0.5, 0.6) is 0 Å². The van der Waals surface area contributed by atoms with Crippen molar-refractivity contribution in [1.82, 2.24) is 9.80 Å². The zero-order valence-corrected chi connectivity index (χ0v) is 21.5. The van der Waals surface area contributed by atoms with Crippen LogP contribution in [-0.4, -0.2) is 66.1 Å². The number of likely N-dealkylation sites (tertiary alicyclic amines) is 2. The van der Waals surface area contributed by atoms with Crippen molar-refractivity contribution in [3.63, 3.8) is 0 Å². The van der Waals surface area contributed by atoms with Crippen LogP contribution < -0.4 is 5.32 Å². The fourth-order valence-electron chi connectivity index (χ4n) is 4.62. The molecule has 0 unspecified atom stereocenters. The van der Waals surface area contributed by atoms with Gasteiger partial charge >= 0.3 is 12.4 Å². The number of halogens is 7. The van der Waals surface area contributed by atoms with Gasteiger partial charge in [-0.05, 0) is 37.5 Å². The van der Waals surface area contributed by atoms with Crippen molar-refractivity contribution in [2.45, 2.75) is 57.3 Å². The van der Waals surface area contributed by atoms with Gasteiger partial charge in [-0.25, -0.2) is 0 Å². The highest BCUT2D eigenvalue weighted by atomic mass is 79.9. The Morgan fingerprint density at radius 2 is 1.43 bits per heavy atom. The van der Waals surface area contributed by atoms with E-state index >= 15 is 0 Å². The maximum atomic E-state index is 13.4. The van der Waals surface area contributed by atoms with E-state index in [9.17, 15) is 40.7 Å². The highest BCUT2D eigenvalue weighted by molar-refractivity contribution is 9.10. The summed E-state index contributed by atoms with van der Waals surface area (Å²) < 4.78 is 80.5. The van der Waals surface area contributed by atoms with Gasteiger partial charge in [0.05, 0.1) is 23.1 Å². The molecule has 1 N–H and O–H groups in total. The largest absolute Gasteiger partial charge is 0.393 e. The summed E-state index contributed by atoms with van der Waals surface area (Å²) in [6.45, 7) is -0.586. The first-order chi connectivity index (χ1) is 17.3. The van der Waals surface area contributed by atoms with Crippen molar-refractivity contribution in [3.05, 3.63) is 28.2 Å². The molecule has 2 heterocycles. The summed E-state index contributed by atoms with van der Waals surface area (Å²) in [5.41, 5.74) is -0.302. The van der Waals surface area contributed by atoms with Crippen molar-refractivity contribution >= 4 is 39.3 Å². The molecule has 13 heteroatoms. The van der Waals surface area contributed by atoms with Crippen LogP contribution in [0.3, 0.4) is 0 Å².